The van der Waals surface area contributed by atoms with Gasteiger partial charge in [-0.25, -0.2) is 0 Å². The van der Waals surface area contributed by atoms with E-state index in [9.17, 15) is 0 Å². The van der Waals surface area contributed by atoms with Crippen LogP contribution in [0.4, 0.5) is 0 Å². The molecule has 126 valence electrons. The number of nitrogens with zero attached hydrogens (tertiary/aromatic N) is 2. The van der Waals surface area contributed by atoms with E-state index < -0.39 is 0 Å². The Morgan fingerprint density at radius 3 is 2.52 bits per heavy atom. The highest BCUT2D eigenvalue weighted by atomic mass is 15.2. The average molecular weight is 314 g/mol. The van der Waals surface area contributed by atoms with Crippen molar-refractivity contribution < 1.29 is 0 Å². The van der Waals surface area contributed by atoms with Gasteiger partial charge in [0, 0.05) is 6.54 Å². The standard InChI is InChI=1S/C19H30N4/c1-15-7-9-17(10-8-15)18(23-11-2-3-12-23)14-22-19(20)21-13-16-5-4-6-16/h7-10,16,18H,2-6,11-14H2,1H3,(H3,20,21,22). The van der Waals surface area contributed by atoms with Crippen molar-refractivity contribution in [3.05, 3.63) is 35.4 Å². The lowest BCUT2D eigenvalue weighted by Gasteiger charge is -2.27. The van der Waals surface area contributed by atoms with Gasteiger partial charge in [0.05, 0.1) is 12.6 Å². The van der Waals surface area contributed by atoms with Crippen LogP contribution in [0.3, 0.4) is 0 Å². The van der Waals surface area contributed by atoms with Crippen molar-refractivity contribution in [1.82, 2.24) is 10.2 Å². The van der Waals surface area contributed by atoms with Crippen LogP contribution in [0, 0.1) is 12.8 Å². The smallest absolute Gasteiger partial charge is 0.188 e. The van der Waals surface area contributed by atoms with E-state index in [1.807, 2.05) is 0 Å². The van der Waals surface area contributed by atoms with Gasteiger partial charge >= 0.3 is 0 Å². The first kappa shape index (κ1) is 16.3. The van der Waals surface area contributed by atoms with Crippen LogP contribution in [0.1, 0.15) is 49.3 Å². The Morgan fingerprint density at radius 1 is 1.22 bits per heavy atom. The molecule has 0 amide bonds. The molecule has 23 heavy (non-hydrogen) atoms. The van der Waals surface area contributed by atoms with Gasteiger partial charge in [-0.3, -0.25) is 9.89 Å². The second kappa shape index (κ2) is 7.82. The Morgan fingerprint density at radius 2 is 1.91 bits per heavy atom. The molecule has 1 aliphatic heterocycles. The minimum Gasteiger partial charge on any atom is -0.370 e. The molecule has 1 heterocycles. The van der Waals surface area contributed by atoms with Crippen molar-refractivity contribution in [2.75, 3.05) is 26.2 Å². The average Bonchev–Trinajstić information content (AvgIpc) is 3.02. The van der Waals surface area contributed by atoms with Gasteiger partial charge in [-0.05, 0) is 57.2 Å². The van der Waals surface area contributed by atoms with Crippen molar-refractivity contribution in [2.45, 2.75) is 45.1 Å². The van der Waals surface area contributed by atoms with Crippen molar-refractivity contribution in [2.24, 2.45) is 16.6 Å². The second-order valence-corrected chi connectivity index (χ2v) is 7.07. The lowest BCUT2D eigenvalue weighted by molar-refractivity contribution is 0.251. The Hall–Kier alpha value is -1.55. The number of likely N-dealkylation sites (tertiary alicyclic amines) is 1. The molecular formula is C19H30N4. The van der Waals surface area contributed by atoms with Crippen LogP contribution in [0.25, 0.3) is 0 Å². The van der Waals surface area contributed by atoms with E-state index >= 15 is 0 Å². The number of benzene rings is 1. The summed E-state index contributed by atoms with van der Waals surface area (Å²) in [4.78, 5) is 7.19. The van der Waals surface area contributed by atoms with Crippen molar-refractivity contribution in [3.63, 3.8) is 0 Å². The zero-order chi connectivity index (χ0) is 16.1. The SMILES string of the molecule is Cc1ccc(C(CN=C(N)NCC2CCC2)N2CCCC2)cc1. The summed E-state index contributed by atoms with van der Waals surface area (Å²) >= 11 is 0. The maximum atomic E-state index is 6.07. The van der Waals surface area contributed by atoms with Crippen molar-refractivity contribution in [3.8, 4) is 0 Å². The van der Waals surface area contributed by atoms with E-state index in [-0.39, 0.29) is 0 Å². The number of hydrogen-bond donors (Lipinski definition) is 2. The normalized spacial score (nSPS) is 21.2. The maximum Gasteiger partial charge on any atom is 0.188 e. The number of aryl methyl sites for hydroxylation is 1. The molecule has 4 heteroatoms. The zero-order valence-corrected chi connectivity index (χ0v) is 14.3. The third-order valence-electron chi connectivity index (χ3n) is 5.27. The molecule has 0 bridgehead atoms. The number of nitrogens with one attached hydrogen (secondary N) is 1. The first-order valence-corrected chi connectivity index (χ1v) is 9.07. The summed E-state index contributed by atoms with van der Waals surface area (Å²) in [7, 11) is 0. The van der Waals surface area contributed by atoms with E-state index in [4.69, 9.17) is 5.73 Å². The van der Waals surface area contributed by atoms with Gasteiger partial charge < -0.3 is 11.1 Å². The Labute approximate surface area is 140 Å². The Kier molecular flexibility index (Phi) is 5.55. The molecule has 1 saturated carbocycles. The second-order valence-electron chi connectivity index (χ2n) is 7.07. The molecule has 3 N–H and O–H groups in total. The minimum atomic E-state index is 0.349. The molecule has 1 aliphatic carbocycles. The van der Waals surface area contributed by atoms with Crippen LogP contribution in [0.2, 0.25) is 0 Å². The number of aliphatic imine (C=N–C) groups is 1. The molecule has 2 aliphatic rings. The van der Waals surface area contributed by atoms with Gasteiger partial charge in [0.15, 0.2) is 5.96 Å². The van der Waals surface area contributed by atoms with Gasteiger partial charge in [-0.2, -0.15) is 0 Å². The molecule has 0 spiro atoms. The summed E-state index contributed by atoms with van der Waals surface area (Å²) in [5.41, 5.74) is 8.73. The predicted molar refractivity (Wildman–Crippen MR) is 96.6 cm³/mol. The fraction of sp³-hybridized carbons (Fsp3) is 0.632. The fourth-order valence-electron chi connectivity index (χ4n) is 3.46. The third-order valence-corrected chi connectivity index (χ3v) is 5.27. The molecule has 1 aromatic rings. The quantitative estimate of drug-likeness (QED) is 0.627. The Balaban J connectivity index is 1.61. The van der Waals surface area contributed by atoms with Crippen LogP contribution >= 0.6 is 0 Å². The summed E-state index contributed by atoms with van der Waals surface area (Å²) in [6.07, 6.45) is 6.62. The fourth-order valence-corrected chi connectivity index (χ4v) is 3.46. The van der Waals surface area contributed by atoms with Gasteiger partial charge in [-0.1, -0.05) is 36.2 Å². The van der Waals surface area contributed by atoms with Gasteiger partial charge in [0.25, 0.3) is 0 Å². The van der Waals surface area contributed by atoms with Crippen LogP contribution in [0.15, 0.2) is 29.3 Å². The van der Waals surface area contributed by atoms with Crippen LogP contribution in [-0.2, 0) is 0 Å². The van der Waals surface area contributed by atoms with Crippen LogP contribution in [-0.4, -0.2) is 37.0 Å². The first-order valence-electron chi connectivity index (χ1n) is 9.07. The Bertz CT molecular complexity index is 513. The summed E-state index contributed by atoms with van der Waals surface area (Å²) in [5, 5.41) is 3.30. The molecular weight excluding hydrogens is 284 g/mol. The highest BCUT2D eigenvalue weighted by molar-refractivity contribution is 5.77. The van der Waals surface area contributed by atoms with Crippen molar-refractivity contribution in [1.29, 1.82) is 0 Å². The van der Waals surface area contributed by atoms with Gasteiger partial charge in [0.1, 0.15) is 0 Å². The topological polar surface area (TPSA) is 53.6 Å². The third kappa shape index (κ3) is 4.47. The van der Waals surface area contributed by atoms with Crippen LogP contribution < -0.4 is 11.1 Å². The van der Waals surface area contributed by atoms with E-state index in [1.165, 1.54) is 56.3 Å². The summed E-state index contributed by atoms with van der Waals surface area (Å²) in [6, 6.07) is 9.22. The minimum absolute atomic E-state index is 0.349. The molecule has 1 saturated heterocycles. The highest BCUT2D eigenvalue weighted by Gasteiger charge is 2.23. The number of nitrogens with two attached hydrogens (primary N) is 1. The molecule has 3 rings (SSSR count). The summed E-state index contributed by atoms with van der Waals surface area (Å²) < 4.78 is 0. The van der Waals surface area contributed by atoms with E-state index in [0.717, 1.165) is 19.0 Å². The van der Waals surface area contributed by atoms with Crippen molar-refractivity contribution >= 4 is 5.96 Å². The zero-order valence-electron chi connectivity index (χ0n) is 14.3. The number of hydrogen-bond acceptors (Lipinski definition) is 2. The van der Waals surface area contributed by atoms with E-state index in [0.29, 0.717) is 12.0 Å². The summed E-state index contributed by atoms with van der Waals surface area (Å²) in [6.45, 7) is 6.20. The maximum absolute atomic E-state index is 6.07. The number of guanidine groups is 1. The first-order chi connectivity index (χ1) is 11.2. The van der Waals surface area contributed by atoms with Gasteiger partial charge in [0.2, 0.25) is 0 Å². The molecule has 1 unspecified atom stereocenters. The monoisotopic (exact) mass is 314 g/mol. The van der Waals surface area contributed by atoms with Crippen LogP contribution in [0.5, 0.6) is 0 Å². The van der Waals surface area contributed by atoms with E-state index in [1.54, 1.807) is 0 Å². The molecule has 0 radical (unpaired) electrons. The van der Waals surface area contributed by atoms with Gasteiger partial charge in [-0.15, -0.1) is 0 Å². The molecule has 2 fully saturated rings. The lowest BCUT2D eigenvalue weighted by Crippen LogP contribution is -2.38. The highest BCUT2D eigenvalue weighted by Crippen LogP contribution is 2.26. The predicted octanol–water partition coefficient (Wildman–Crippen LogP) is 2.84. The largest absolute Gasteiger partial charge is 0.370 e. The molecule has 1 aromatic carbocycles. The van der Waals surface area contributed by atoms with E-state index in [2.05, 4.69) is 46.4 Å². The number of rotatable bonds is 6. The summed E-state index contributed by atoms with van der Waals surface area (Å²) in [5.74, 6) is 1.41. The molecule has 0 aromatic heterocycles. The molecule has 1 atom stereocenters. The molecule has 4 nitrogen and oxygen atoms in total. The lowest BCUT2D eigenvalue weighted by atomic mass is 9.85.